The van der Waals surface area contributed by atoms with Gasteiger partial charge in [-0.15, -0.1) is 0 Å². The van der Waals surface area contributed by atoms with Crippen molar-refractivity contribution in [3.8, 4) is 5.75 Å². The molecule has 0 bridgehead atoms. The minimum atomic E-state index is -1.33. The van der Waals surface area contributed by atoms with E-state index in [0.29, 0.717) is 17.9 Å². The summed E-state index contributed by atoms with van der Waals surface area (Å²) in [5.74, 6) is -0.825. The van der Waals surface area contributed by atoms with Crippen LogP contribution in [0.2, 0.25) is 0 Å². The van der Waals surface area contributed by atoms with Crippen LogP contribution in [0.3, 0.4) is 0 Å². The van der Waals surface area contributed by atoms with Crippen LogP contribution >= 0.6 is 0 Å². The van der Waals surface area contributed by atoms with Crippen LogP contribution in [0.1, 0.15) is 30.9 Å². The first-order chi connectivity index (χ1) is 15.3. The van der Waals surface area contributed by atoms with Crippen LogP contribution in [0.25, 0.3) is 0 Å². The minimum Gasteiger partial charge on any atom is -0.497 e. The number of rotatable bonds is 8. The monoisotopic (exact) mass is 440 g/mol. The molecule has 1 saturated carbocycles. The third-order valence-electron chi connectivity index (χ3n) is 5.78. The summed E-state index contributed by atoms with van der Waals surface area (Å²) in [6.45, 7) is 2.06. The van der Waals surface area contributed by atoms with Crippen LogP contribution < -0.4 is 15.5 Å². The van der Waals surface area contributed by atoms with Crippen molar-refractivity contribution < 1.29 is 23.5 Å². The number of hydrogen-bond acceptors (Lipinski definition) is 5. The first kappa shape index (κ1) is 21.8. The SMILES string of the molecule is COc1cccc(C2(C)NC(=O)N(NC(=O)CN(Cc3ccc(F)cc3)C3CC3)C2=O)c1. The topological polar surface area (TPSA) is 91.0 Å². The Morgan fingerprint density at radius 3 is 2.62 bits per heavy atom. The molecule has 8 nitrogen and oxygen atoms in total. The fourth-order valence-corrected chi connectivity index (χ4v) is 3.79. The Balaban J connectivity index is 1.43. The summed E-state index contributed by atoms with van der Waals surface area (Å²) in [5.41, 5.74) is 2.54. The molecule has 32 heavy (non-hydrogen) atoms. The molecule has 4 amide bonds. The summed E-state index contributed by atoms with van der Waals surface area (Å²) in [5, 5.41) is 3.38. The molecule has 1 unspecified atom stereocenters. The number of hydrazine groups is 1. The number of carbonyl (C=O) groups excluding carboxylic acids is 3. The molecule has 1 atom stereocenters. The van der Waals surface area contributed by atoms with E-state index in [-0.39, 0.29) is 18.4 Å². The van der Waals surface area contributed by atoms with Gasteiger partial charge >= 0.3 is 6.03 Å². The minimum absolute atomic E-state index is 0.00891. The number of halogens is 1. The van der Waals surface area contributed by atoms with Gasteiger partial charge in [0.05, 0.1) is 13.7 Å². The lowest BCUT2D eigenvalue weighted by Gasteiger charge is -2.24. The molecule has 0 radical (unpaired) electrons. The molecule has 9 heteroatoms. The Hall–Kier alpha value is -3.46. The van der Waals surface area contributed by atoms with Gasteiger partial charge in [0, 0.05) is 12.6 Å². The van der Waals surface area contributed by atoms with Crippen LogP contribution in [0.15, 0.2) is 48.5 Å². The highest BCUT2D eigenvalue weighted by molar-refractivity contribution is 6.08. The van der Waals surface area contributed by atoms with Gasteiger partial charge in [-0.05, 0) is 55.2 Å². The quantitative estimate of drug-likeness (QED) is 0.615. The fraction of sp³-hybridized carbons (Fsp3) is 0.348. The van der Waals surface area contributed by atoms with Crippen LogP contribution in [0.4, 0.5) is 9.18 Å². The van der Waals surface area contributed by atoms with Gasteiger partial charge in [0.25, 0.3) is 11.8 Å². The number of benzene rings is 2. The van der Waals surface area contributed by atoms with Crippen molar-refractivity contribution in [2.45, 2.75) is 37.9 Å². The summed E-state index contributed by atoms with van der Waals surface area (Å²) in [4.78, 5) is 40.3. The summed E-state index contributed by atoms with van der Waals surface area (Å²) >= 11 is 0. The average molecular weight is 440 g/mol. The van der Waals surface area contributed by atoms with Crippen LogP contribution in [-0.4, -0.2) is 47.5 Å². The maximum atomic E-state index is 13.2. The van der Waals surface area contributed by atoms with E-state index < -0.39 is 23.4 Å². The molecule has 0 aromatic heterocycles. The first-order valence-corrected chi connectivity index (χ1v) is 10.4. The van der Waals surface area contributed by atoms with Crippen molar-refractivity contribution in [2.24, 2.45) is 0 Å². The molecule has 4 rings (SSSR count). The number of methoxy groups -OCH3 is 1. The third kappa shape index (κ3) is 4.43. The highest BCUT2D eigenvalue weighted by Gasteiger charge is 2.50. The molecule has 1 saturated heterocycles. The van der Waals surface area contributed by atoms with Gasteiger partial charge in [-0.1, -0.05) is 24.3 Å². The van der Waals surface area contributed by atoms with Gasteiger partial charge in [0.1, 0.15) is 17.1 Å². The number of ether oxygens (including phenoxy) is 1. The Labute approximate surface area is 185 Å². The molecule has 0 spiro atoms. The van der Waals surface area contributed by atoms with Gasteiger partial charge < -0.3 is 10.1 Å². The molecule has 2 N–H and O–H groups in total. The van der Waals surface area contributed by atoms with Gasteiger partial charge in [0.15, 0.2) is 0 Å². The predicted octanol–water partition coefficient (Wildman–Crippen LogP) is 2.30. The van der Waals surface area contributed by atoms with E-state index >= 15 is 0 Å². The van der Waals surface area contributed by atoms with Crippen LogP contribution in [0, 0.1) is 5.82 Å². The van der Waals surface area contributed by atoms with Gasteiger partial charge in [0.2, 0.25) is 0 Å². The Morgan fingerprint density at radius 1 is 1.25 bits per heavy atom. The number of nitrogens with one attached hydrogen (secondary N) is 2. The van der Waals surface area contributed by atoms with Crippen molar-refractivity contribution in [3.63, 3.8) is 0 Å². The summed E-state index contributed by atoms with van der Waals surface area (Å²) in [7, 11) is 1.51. The van der Waals surface area contributed by atoms with E-state index in [1.165, 1.54) is 19.2 Å². The lowest BCUT2D eigenvalue weighted by Crippen LogP contribution is -2.51. The molecule has 2 aliphatic rings. The smallest absolute Gasteiger partial charge is 0.344 e. The van der Waals surface area contributed by atoms with E-state index in [0.717, 1.165) is 23.4 Å². The maximum absolute atomic E-state index is 13.2. The molecule has 168 valence electrons. The van der Waals surface area contributed by atoms with Gasteiger partial charge in [-0.2, -0.15) is 5.01 Å². The number of nitrogens with zero attached hydrogens (tertiary/aromatic N) is 2. The fourth-order valence-electron chi connectivity index (χ4n) is 3.79. The first-order valence-electron chi connectivity index (χ1n) is 10.4. The standard InChI is InChI=1S/C23H25FN4O4/c1-23(16-4-3-5-19(12-16)32-2)21(30)28(22(31)25-23)26-20(29)14-27(18-10-11-18)13-15-6-8-17(24)9-7-15/h3-9,12,18H,10-11,13-14H2,1-2H3,(H,25,31)(H,26,29). The highest BCUT2D eigenvalue weighted by atomic mass is 19.1. The highest BCUT2D eigenvalue weighted by Crippen LogP contribution is 2.31. The Bertz CT molecular complexity index is 1040. The van der Waals surface area contributed by atoms with E-state index in [2.05, 4.69) is 10.7 Å². The number of amides is 4. The zero-order valence-electron chi connectivity index (χ0n) is 17.9. The second-order valence-corrected chi connectivity index (χ2v) is 8.23. The second-order valence-electron chi connectivity index (χ2n) is 8.23. The summed E-state index contributed by atoms with van der Waals surface area (Å²) < 4.78 is 18.4. The molecule has 1 heterocycles. The lowest BCUT2D eigenvalue weighted by molar-refractivity contribution is -0.139. The molecule has 1 aliphatic heterocycles. The number of imide groups is 1. The Morgan fingerprint density at radius 2 is 1.97 bits per heavy atom. The van der Waals surface area contributed by atoms with Crippen LogP contribution in [-0.2, 0) is 21.7 Å². The van der Waals surface area contributed by atoms with Gasteiger partial charge in [-0.3, -0.25) is 19.9 Å². The predicted molar refractivity (Wildman–Crippen MR) is 114 cm³/mol. The number of hydrogen-bond donors (Lipinski definition) is 2. The molecular formula is C23H25FN4O4. The molecule has 1 aliphatic carbocycles. The average Bonchev–Trinajstić information content (AvgIpc) is 3.60. The van der Waals surface area contributed by atoms with Crippen molar-refractivity contribution in [1.29, 1.82) is 0 Å². The van der Waals surface area contributed by atoms with E-state index in [1.54, 1.807) is 43.3 Å². The largest absolute Gasteiger partial charge is 0.497 e. The van der Waals surface area contributed by atoms with E-state index in [1.807, 2.05) is 4.90 Å². The molecular weight excluding hydrogens is 415 g/mol. The number of urea groups is 1. The second kappa shape index (κ2) is 8.58. The van der Waals surface area contributed by atoms with Crippen molar-refractivity contribution in [2.75, 3.05) is 13.7 Å². The third-order valence-corrected chi connectivity index (χ3v) is 5.78. The van der Waals surface area contributed by atoms with Gasteiger partial charge in [-0.25, -0.2) is 9.18 Å². The van der Waals surface area contributed by atoms with E-state index in [9.17, 15) is 18.8 Å². The van der Waals surface area contributed by atoms with Crippen molar-refractivity contribution in [1.82, 2.24) is 20.7 Å². The van der Waals surface area contributed by atoms with Crippen molar-refractivity contribution in [3.05, 3.63) is 65.5 Å². The molecule has 2 aromatic carbocycles. The maximum Gasteiger partial charge on any atom is 0.344 e. The molecule has 2 aromatic rings. The Kier molecular flexibility index (Phi) is 5.84. The molecule has 2 fully saturated rings. The zero-order chi connectivity index (χ0) is 22.9. The normalized spacial score (nSPS) is 20.4. The lowest BCUT2D eigenvalue weighted by atomic mass is 9.92. The summed E-state index contributed by atoms with van der Waals surface area (Å²) in [6.07, 6.45) is 1.93. The van der Waals surface area contributed by atoms with E-state index in [4.69, 9.17) is 4.74 Å². The summed E-state index contributed by atoms with van der Waals surface area (Å²) in [6, 6.07) is 12.5. The number of carbonyl (C=O) groups is 3. The van der Waals surface area contributed by atoms with Crippen molar-refractivity contribution >= 4 is 17.8 Å². The zero-order valence-corrected chi connectivity index (χ0v) is 17.9. The van der Waals surface area contributed by atoms with Crippen LogP contribution in [0.5, 0.6) is 5.75 Å².